The topological polar surface area (TPSA) is 56.2 Å². The van der Waals surface area contributed by atoms with Crippen LogP contribution in [-0.4, -0.2) is 22.6 Å². The molecule has 3 aromatic carbocycles. The van der Waals surface area contributed by atoms with Gasteiger partial charge in [0.25, 0.3) is 5.91 Å². The van der Waals surface area contributed by atoms with Crippen molar-refractivity contribution in [3.63, 3.8) is 0 Å². The van der Waals surface area contributed by atoms with E-state index in [0.29, 0.717) is 30.3 Å². The van der Waals surface area contributed by atoms with Gasteiger partial charge in [-0.05, 0) is 47.7 Å². The van der Waals surface area contributed by atoms with Crippen LogP contribution in [0.3, 0.4) is 0 Å². The molecule has 32 heavy (non-hydrogen) atoms. The van der Waals surface area contributed by atoms with Crippen molar-refractivity contribution >= 4 is 16.9 Å². The van der Waals surface area contributed by atoms with E-state index in [1.165, 1.54) is 11.1 Å². The van der Waals surface area contributed by atoms with Crippen LogP contribution >= 0.6 is 0 Å². The molecular formula is C27H29N3O2. The molecule has 4 aromatic rings. The number of carbonyl (C=O) groups is 1. The summed E-state index contributed by atoms with van der Waals surface area (Å²) in [4.78, 5) is 17.6. The number of nitrogens with zero attached hydrogens (tertiary/aromatic N) is 2. The zero-order valence-corrected chi connectivity index (χ0v) is 18.8. The van der Waals surface area contributed by atoms with Crippen molar-refractivity contribution in [3.8, 4) is 5.75 Å². The van der Waals surface area contributed by atoms with Crippen molar-refractivity contribution in [3.05, 3.63) is 95.3 Å². The molecule has 0 radical (unpaired) electrons. The van der Waals surface area contributed by atoms with Gasteiger partial charge in [0.1, 0.15) is 11.6 Å². The van der Waals surface area contributed by atoms with Gasteiger partial charge in [0.05, 0.1) is 30.3 Å². The number of imidazole rings is 1. The Labute approximate surface area is 189 Å². The number of methoxy groups -OCH3 is 1. The van der Waals surface area contributed by atoms with Crippen molar-refractivity contribution in [1.29, 1.82) is 0 Å². The summed E-state index contributed by atoms with van der Waals surface area (Å²) >= 11 is 0. The van der Waals surface area contributed by atoms with Crippen molar-refractivity contribution < 1.29 is 9.53 Å². The number of hydrogen-bond acceptors (Lipinski definition) is 3. The molecule has 1 atom stereocenters. The molecule has 0 bridgehead atoms. The highest BCUT2D eigenvalue weighted by molar-refractivity contribution is 5.96. The lowest BCUT2D eigenvalue weighted by molar-refractivity contribution is 0.0946. The predicted octanol–water partition coefficient (Wildman–Crippen LogP) is 5.54. The number of aromatic nitrogens is 2. The van der Waals surface area contributed by atoms with Gasteiger partial charge in [0.2, 0.25) is 0 Å². The molecule has 1 N–H and O–H groups in total. The summed E-state index contributed by atoms with van der Waals surface area (Å²) in [5, 5.41) is 3.01. The van der Waals surface area contributed by atoms with E-state index < -0.39 is 0 Å². The molecule has 0 aliphatic heterocycles. The van der Waals surface area contributed by atoms with Crippen LogP contribution in [0.4, 0.5) is 0 Å². The first-order valence-electron chi connectivity index (χ1n) is 11.0. The largest absolute Gasteiger partial charge is 0.496 e. The summed E-state index contributed by atoms with van der Waals surface area (Å²) in [7, 11) is 1.57. The molecule has 4 rings (SSSR count). The Morgan fingerprint density at radius 3 is 2.50 bits per heavy atom. The molecule has 5 nitrogen and oxygen atoms in total. The predicted molar refractivity (Wildman–Crippen MR) is 128 cm³/mol. The summed E-state index contributed by atoms with van der Waals surface area (Å²) in [6.45, 7) is 5.49. The number of nitrogens with one attached hydrogen (secondary N) is 1. The number of para-hydroxylation sites is 3. The highest BCUT2D eigenvalue weighted by Gasteiger charge is 2.15. The lowest BCUT2D eigenvalue weighted by Crippen LogP contribution is -2.25. The number of rotatable bonds is 8. The maximum atomic E-state index is 12.8. The normalized spacial score (nSPS) is 12.0. The van der Waals surface area contributed by atoms with Gasteiger partial charge < -0.3 is 14.6 Å². The summed E-state index contributed by atoms with van der Waals surface area (Å²) in [6.07, 6.45) is 1.13. The minimum atomic E-state index is -0.182. The number of benzene rings is 3. The maximum Gasteiger partial charge on any atom is 0.255 e. The summed E-state index contributed by atoms with van der Waals surface area (Å²) in [5.41, 5.74) is 5.05. The van der Waals surface area contributed by atoms with E-state index in [1.807, 2.05) is 30.3 Å². The molecule has 0 aliphatic carbocycles. The van der Waals surface area contributed by atoms with E-state index >= 15 is 0 Å². The van der Waals surface area contributed by atoms with Crippen LogP contribution in [0.5, 0.6) is 5.75 Å². The minimum absolute atomic E-state index is 0.182. The van der Waals surface area contributed by atoms with Gasteiger partial charge >= 0.3 is 0 Å². The summed E-state index contributed by atoms with van der Waals surface area (Å²) in [6, 6.07) is 24.1. The molecule has 0 spiro atoms. The molecule has 0 saturated carbocycles. The van der Waals surface area contributed by atoms with E-state index in [1.54, 1.807) is 19.2 Å². The van der Waals surface area contributed by atoms with Gasteiger partial charge in [-0.2, -0.15) is 0 Å². The highest BCUT2D eigenvalue weighted by Crippen LogP contribution is 2.22. The molecule has 1 heterocycles. The molecular weight excluding hydrogens is 398 g/mol. The van der Waals surface area contributed by atoms with Gasteiger partial charge in [0.15, 0.2) is 0 Å². The fourth-order valence-corrected chi connectivity index (χ4v) is 3.89. The SMILES string of the molecule is CCC(C)c1ccc(Cn2c(CNC(=O)c3ccccc3OC)nc3ccccc32)cc1. The fourth-order valence-electron chi connectivity index (χ4n) is 3.89. The second kappa shape index (κ2) is 9.69. The van der Waals surface area contributed by atoms with Crippen LogP contribution in [0.2, 0.25) is 0 Å². The Balaban J connectivity index is 1.58. The standard InChI is InChI=1S/C27H29N3O2/c1-4-19(2)21-15-13-20(14-16-21)18-30-24-11-7-6-10-23(24)29-26(30)17-28-27(31)22-9-5-8-12-25(22)32-3/h5-16,19H,4,17-18H2,1-3H3,(H,28,31). The average molecular weight is 428 g/mol. The van der Waals surface area contributed by atoms with E-state index in [-0.39, 0.29) is 5.91 Å². The van der Waals surface area contributed by atoms with Crippen LogP contribution in [0.25, 0.3) is 11.0 Å². The molecule has 0 fully saturated rings. The van der Waals surface area contributed by atoms with E-state index in [0.717, 1.165) is 23.3 Å². The summed E-state index contributed by atoms with van der Waals surface area (Å²) in [5.74, 6) is 1.75. The zero-order chi connectivity index (χ0) is 22.5. The first-order valence-corrected chi connectivity index (χ1v) is 11.0. The second-order valence-corrected chi connectivity index (χ2v) is 8.04. The van der Waals surface area contributed by atoms with Crippen molar-refractivity contribution in [2.45, 2.75) is 39.3 Å². The minimum Gasteiger partial charge on any atom is -0.496 e. The number of fused-ring (bicyclic) bond motifs is 1. The average Bonchev–Trinajstić information content (AvgIpc) is 3.19. The van der Waals surface area contributed by atoms with Gasteiger partial charge in [-0.3, -0.25) is 4.79 Å². The molecule has 1 unspecified atom stereocenters. The third-order valence-corrected chi connectivity index (χ3v) is 5.99. The Bertz CT molecular complexity index is 1210. The van der Waals surface area contributed by atoms with Crippen molar-refractivity contribution in [1.82, 2.24) is 14.9 Å². The Morgan fingerprint density at radius 1 is 1.03 bits per heavy atom. The molecule has 164 valence electrons. The van der Waals surface area contributed by atoms with E-state index in [9.17, 15) is 4.79 Å². The van der Waals surface area contributed by atoms with E-state index in [4.69, 9.17) is 9.72 Å². The Morgan fingerprint density at radius 2 is 1.75 bits per heavy atom. The van der Waals surface area contributed by atoms with Crippen molar-refractivity contribution in [2.24, 2.45) is 0 Å². The maximum absolute atomic E-state index is 12.8. The number of amides is 1. The van der Waals surface area contributed by atoms with Crippen LogP contribution < -0.4 is 10.1 Å². The van der Waals surface area contributed by atoms with Crippen LogP contribution in [0.1, 0.15) is 53.5 Å². The number of hydrogen-bond donors (Lipinski definition) is 1. The lowest BCUT2D eigenvalue weighted by Gasteiger charge is -2.13. The quantitative estimate of drug-likeness (QED) is 0.402. The fraction of sp³-hybridized carbons (Fsp3) is 0.259. The Kier molecular flexibility index (Phi) is 6.55. The first-order chi connectivity index (χ1) is 15.6. The zero-order valence-electron chi connectivity index (χ0n) is 18.8. The molecule has 0 aliphatic rings. The first kappa shape index (κ1) is 21.6. The smallest absolute Gasteiger partial charge is 0.255 e. The monoisotopic (exact) mass is 427 g/mol. The molecule has 1 amide bonds. The molecule has 0 saturated heterocycles. The lowest BCUT2D eigenvalue weighted by atomic mass is 9.98. The third kappa shape index (κ3) is 4.52. The number of ether oxygens (including phenoxy) is 1. The highest BCUT2D eigenvalue weighted by atomic mass is 16.5. The molecule has 1 aromatic heterocycles. The van der Waals surface area contributed by atoms with Gasteiger partial charge in [-0.1, -0.05) is 62.4 Å². The molecule has 5 heteroatoms. The van der Waals surface area contributed by atoms with Gasteiger partial charge in [-0.25, -0.2) is 4.98 Å². The Hall–Kier alpha value is -3.60. The third-order valence-electron chi connectivity index (χ3n) is 5.99. The second-order valence-electron chi connectivity index (χ2n) is 8.04. The summed E-state index contributed by atoms with van der Waals surface area (Å²) < 4.78 is 7.50. The number of carbonyl (C=O) groups excluding carboxylic acids is 1. The van der Waals surface area contributed by atoms with Crippen LogP contribution in [0.15, 0.2) is 72.8 Å². The van der Waals surface area contributed by atoms with E-state index in [2.05, 4.69) is 54.1 Å². The van der Waals surface area contributed by atoms with Crippen LogP contribution in [0, 0.1) is 0 Å². The van der Waals surface area contributed by atoms with Crippen LogP contribution in [-0.2, 0) is 13.1 Å². The van der Waals surface area contributed by atoms with Crippen molar-refractivity contribution in [2.75, 3.05) is 7.11 Å². The van der Waals surface area contributed by atoms with Gasteiger partial charge in [-0.15, -0.1) is 0 Å². The van der Waals surface area contributed by atoms with Gasteiger partial charge in [0, 0.05) is 6.54 Å².